The average molecular weight is 631 g/mol. The molecular formula is C34H50N2O9. The summed E-state index contributed by atoms with van der Waals surface area (Å²) >= 11 is 0. The normalized spacial score (nSPS) is 8.69. The topological polar surface area (TPSA) is 182 Å². The number of aromatic hydroxyl groups is 2. The van der Waals surface area contributed by atoms with E-state index in [0.29, 0.717) is 17.2 Å². The summed E-state index contributed by atoms with van der Waals surface area (Å²) in [7, 11) is 3.20. The Morgan fingerprint density at radius 2 is 0.800 bits per heavy atom. The number of hydrogen-bond acceptors (Lipinski definition) is 7. The van der Waals surface area contributed by atoms with E-state index in [2.05, 4.69) is 10.6 Å². The number of aryl methyl sites for hydroxylation is 6. The fourth-order valence-electron chi connectivity index (χ4n) is 2.77. The van der Waals surface area contributed by atoms with Gasteiger partial charge in [0.05, 0.1) is 0 Å². The molecule has 0 aliphatic carbocycles. The Morgan fingerprint density at radius 3 is 0.978 bits per heavy atom. The van der Waals surface area contributed by atoms with Crippen LogP contribution in [0.2, 0.25) is 0 Å². The van der Waals surface area contributed by atoms with E-state index in [9.17, 15) is 24.6 Å². The maximum atomic E-state index is 10.3. The number of carboxylic acid groups (broad SMARTS) is 2. The van der Waals surface area contributed by atoms with Gasteiger partial charge in [0.2, 0.25) is 11.8 Å². The molecule has 0 atom stereocenters. The Morgan fingerprint density at radius 1 is 0.578 bits per heavy atom. The lowest BCUT2D eigenvalue weighted by atomic mass is 10.1. The quantitative estimate of drug-likeness (QED) is 0.221. The van der Waals surface area contributed by atoms with Crippen LogP contribution >= 0.6 is 0 Å². The van der Waals surface area contributed by atoms with Gasteiger partial charge in [0.15, 0.2) is 6.61 Å². The van der Waals surface area contributed by atoms with E-state index in [1.165, 1.54) is 13.8 Å². The molecule has 0 aliphatic rings. The van der Waals surface area contributed by atoms with Crippen molar-refractivity contribution in [2.45, 2.75) is 62.3 Å². The standard InChI is InChI=1S/C10H12O3.2C8H10O.2C3H7NO.C2H4O2/c1-7-4-3-5-8(2)10(7)13-6-9(11)12;2*1-6-4-3-5-7(2)8(6)9;2*1-3(5)4-2;1-2(3)4/h3-5H,6H2,1-2H3,(H,11,12);2*3-5,9H,1-2H3;2*1-2H3,(H,4,5);1H3,(H,3,4). The van der Waals surface area contributed by atoms with Crippen LogP contribution in [0.25, 0.3) is 0 Å². The molecule has 0 fully saturated rings. The Kier molecular flexibility index (Phi) is 25.1. The van der Waals surface area contributed by atoms with Crippen molar-refractivity contribution in [3.63, 3.8) is 0 Å². The zero-order valence-electron chi connectivity index (χ0n) is 28.2. The summed E-state index contributed by atoms with van der Waals surface area (Å²) < 4.78 is 5.13. The minimum Gasteiger partial charge on any atom is -0.507 e. The van der Waals surface area contributed by atoms with Gasteiger partial charge in [-0.1, -0.05) is 54.6 Å². The average Bonchev–Trinajstić information content (AvgIpc) is 2.95. The lowest BCUT2D eigenvalue weighted by Crippen LogP contribution is -2.11. The highest BCUT2D eigenvalue weighted by atomic mass is 16.5. The molecule has 0 saturated heterocycles. The molecule has 45 heavy (non-hydrogen) atoms. The van der Waals surface area contributed by atoms with Crippen LogP contribution < -0.4 is 15.4 Å². The Balaban J connectivity index is -0.000000495. The van der Waals surface area contributed by atoms with Gasteiger partial charge in [-0.15, -0.1) is 0 Å². The summed E-state index contributed by atoms with van der Waals surface area (Å²) in [6.07, 6.45) is 0. The summed E-state index contributed by atoms with van der Waals surface area (Å²) in [5.41, 5.74) is 5.68. The number of rotatable bonds is 3. The number of hydrogen-bond donors (Lipinski definition) is 6. The molecule has 0 saturated carbocycles. The first-order chi connectivity index (χ1) is 20.8. The first-order valence-corrected chi connectivity index (χ1v) is 13.8. The van der Waals surface area contributed by atoms with Crippen molar-refractivity contribution in [2.75, 3.05) is 20.7 Å². The molecule has 0 unspecified atom stereocenters. The Labute approximate surface area is 266 Å². The fourth-order valence-corrected chi connectivity index (χ4v) is 2.77. The van der Waals surface area contributed by atoms with Gasteiger partial charge in [-0.3, -0.25) is 14.4 Å². The summed E-state index contributed by atoms with van der Waals surface area (Å²) in [4.78, 5) is 38.7. The molecule has 3 aromatic rings. The minimum atomic E-state index is -0.956. The minimum absolute atomic E-state index is 0.00463. The Bertz CT molecular complexity index is 1210. The monoisotopic (exact) mass is 630 g/mol. The number of para-hydroxylation sites is 3. The van der Waals surface area contributed by atoms with Crippen LogP contribution in [0.15, 0.2) is 54.6 Å². The van der Waals surface area contributed by atoms with Gasteiger partial charge in [0.1, 0.15) is 17.2 Å². The van der Waals surface area contributed by atoms with Crippen LogP contribution in [0.5, 0.6) is 17.2 Å². The van der Waals surface area contributed by atoms with Crippen LogP contribution in [0.3, 0.4) is 0 Å². The number of benzene rings is 3. The number of amides is 2. The maximum Gasteiger partial charge on any atom is 0.341 e. The largest absolute Gasteiger partial charge is 0.507 e. The predicted octanol–water partition coefficient (Wildman–Crippen LogP) is 5.38. The molecule has 3 rings (SSSR count). The lowest BCUT2D eigenvalue weighted by molar-refractivity contribution is -0.139. The second-order valence-electron chi connectivity index (χ2n) is 9.52. The first-order valence-electron chi connectivity index (χ1n) is 13.8. The highest BCUT2D eigenvalue weighted by Gasteiger charge is 2.04. The van der Waals surface area contributed by atoms with E-state index < -0.39 is 11.9 Å². The van der Waals surface area contributed by atoms with Crippen LogP contribution in [0.1, 0.15) is 54.2 Å². The zero-order valence-corrected chi connectivity index (χ0v) is 28.2. The number of phenols is 2. The predicted molar refractivity (Wildman–Crippen MR) is 177 cm³/mol. The number of carboxylic acids is 2. The van der Waals surface area contributed by atoms with Gasteiger partial charge < -0.3 is 35.8 Å². The van der Waals surface area contributed by atoms with Crippen molar-refractivity contribution in [1.29, 1.82) is 0 Å². The lowest BCUT2D eigenvalue weighted by Gasteiger charge is -2.09. The summed E-state index contributed by atoms with van der Waals surface area (Å²) in [5.74, 6) is -0.280. The first kappa shape index (κ1) is 44.4. The van der Waals surface area contributed by atoms with Gasteiger partial charge in [0.25, 0.3) is 5.97 Å². The number of carbonyl (C=O) groups is 4. The number of nitrogens with one attached hydrogen (secondary N) is 2. The van der Waals surface area contributed by atoms with Crippen molar-refractivity contribution in [3.05, 3.63) is 88.0 Å². The number of aliphatic carboxylic acids is 2. The molecule has 2 amide bonds. The molecule has 250 valence electrons. The summed E-state index contributed by atoms with van der Waals surface area (Å²) in [5, 5.41) is 39.0. The van der Waals surface area contributed by atoms with Crippen molar-refractivity contribution in [2.24, 2.45) is 0 Å². The summed E-state index contributed by atoms with van der Waals surface area (Å²) in [6, 6.07) is 17.1. The highest BCUT2D eigenvalue weighted by molar-refractivity contribution is 5.72. The van der Waals surface area contributed by atoms with E-state index in [1.54, 1.807) is 14.1 Å². The van der Waals surface area contributed by atoms with E-state index in [1.807, 2.05) is 96.1 Å². The number of phenolic OH excluding ortho intramolecular Hbond substituents is 2. The second-order valence-corrected chi connectivity index (χ2v) is 9.52. The molecule has 0 heterocycles. The number of ether oxygens (including phenoxy) is 1. The molecular weight excluding hydrogens is 580 g/mol. The Hall–Kier alpha value is -5.06. The molecule has 11 heteroatoms. The van der Waals surface area contributed by atoms with Crippen LogP contribution in [-0.2, 0) is 19.2 Å². The van der Waals surface area contributed by atoms with Crippen molar-refractivity contribution in [3.8, 4) is 17.2 Å². The van der Waals surface area contributed by atoms with Crippen molar-refractivity contribution in [1.82, 2.24) is 10.6 Å². The van der Waals surface area contributed by atoms with Gasteiger partial charge in [-0.25, -0.2) is 4.79 Å². The third kappa shape index (κ3) is 25.2. The van der Waals surface area contributed by atoms with E-state index in [-0.39, 0.29) is 18.4 Å². The smallest absolute Gasteiger partial charge is 0.341 e. The third-order valence-electron chi connectivity index (χ3n) is 5.33. The highest BCUT2D eigenvalue weighted by Crippen LogP contribution is 2.22. The molecule has 0 bridgehead atoms. The van der Waals surface area contributed by atoms with Crippen LogP contribution in [0.4, 0.5) is 0 Å². The SMILES string of the molecule is CC(=O)O.CNC(C)=O.CNC(C)=O.Cc1cccc(C)c1O.Cc1cccc(C)c1O.Cc1cccc(C)c1OCC(=O)O. The molecule has 6 N–H and O–H groups in total. The molecule has 0 radical (unpaired) electrons. The van der Waals surface area contributed by atoms with E-state index in [0.717, 1.165) is 40.3 Å². The van der Waals surface area contributed by atoms with Crippen LogP contribution in [0, 0.1) is 41.5 Å². The van der Waals surface area contributed by atoms with Crippen molar-refractivity contribution >= 4 is 23.8 Å². The van der Waals surface area contributed by atoms with E-state index in [4.69, 9.17) is 19.7 Å². The van der Waals surface area contributed by atoms with Crippen LogP contribution in [-0.4, -0.2) is 64.9 Å². The number of carbonyl (C=O) groups excluding carboxylic acids is 2. The molecule has 0 aliphatic heterocycles. The molecule has 0 aromatic heterocycles. The van der Waals surface area contributed by atoms with Gasteiger partial charge in [-0.05, 0) is 74.9 Å². The second kappa shape index (κ2) is 25.4. The van der Waals surface area contributed by atoms with Gasteiger partial charge >= 0.3 is 5.97 Å². The fraction of sp³-hybridized carbons (Fsp3) is 0.353. The maximum absolute atomic E-state index is 10.3. The molecule has 11 nitrogen and oxygen atoms in total. The zero-order chi connectivity index (χ0) is 35.7. The van der Waals surface area contributed by atoms with E-state index >= 15 is 0 Å². The molecule has 0 spiro atoms. The summed E-state index contributed by atoms with van der Waals surface area (Å²) in [6.45, 7) is 15.1. The third-order valence-corrected chi connectivity index (χ3v) is 5.33. The van der Waals surface area contributed by atoms with Gasteiger partial charge in [0, 0.05) is 34.9 Å². The van der Waals surface area contributed by atoms with Gasteiger partial charge in [-0.2, -0.15) is 0 Å². The molecule has 3 aromatic carbocycles. The van der Waals surface area contributed by atoms with Crippen molar-refractivity contribution < 1.29 is 44.3 Å².